The normalized spacial score (nSPS) is 13.1. The van der Waals surface area contributed by atoms with Crippen LogP contribution in [0.25, 0.3) is 0 Å². The van der Waals surface area contributed by atoms with Crippen LogP contribution in [0.1, 0.15) is 71.6 Å². The van der Waals surface area contributed by atoms with Gasteiger partial charge in [0.05, 0.1) is 27.7 Å². The third kappa shape index (κ3) is 13.0. The fourth-order valence-electron chi connectivity index (χ4n) is 2.34. The molecule has 0 aromatic heterocycles. The quantitative estimate of drug-likeness (QED) is 0.302. The first-order valence-electron chi connectivity index (χ1n) is 7.95. The van der Waals surface area contributed by atoms with Crippen LogP contribution in [-0.4, -0.2) is 38.5 Å². The van der Waals surface area contributed by atoms with Gasteiger partial charge in [0.1, 0.15) is 0 Å². The van der Waals surface area contributed by atoms with E-state index in [0.29, 0.717) is 6.23 Å². The summed E-state index contributed by atoms with van der Waals surface area (Å²) in [4.78, 5) is 0. The summed E-state index contributed by atoms with van der Waals surface area (Å²) in [7, 11) is 6.63. The number of halogens is 1. The first kappa shape index (κ1) is 21.5. The zero-order valence-electron chi connectivity index (χ0n) is 13.9. The Balaban J connectivity index is 0. The van der Waals surface area contributed by atoms with Crippen LogP contribution in [0.3, 0.4) is 0 Å². The Morgan fingerprint density at radius 2 is 1.26 bits per heavy atom. The highest BCUT2D eigenvalue weighted by molar-refractivity contribution is 4.47. The molecule has 0 saturated carbocycles. The third-order valence-electron chi connectivity index (χ3n) is 3.52. The molecule has 0 aromatic rings. The van der Waals surface area contributed by atoms with Crippen molar-refractivity contribution in [1.29, 1.82) is 0 Å². The first-order chi connectivity index (χ1) is 8.52. The molecule has 0 aliphatic heterocycles. The van der Waals surface area contributed by atoms with Crippen molar-refractivity contribution in [2.45, 2.75) is 77.9 Å². The van der Waals surface area contributed by atoms with E-state index in [1.807, 2.05) is 0 Å². The third-order valence-corrected chi connectivity index (χ3v) is 3.52. The molecule has 0 rings (SSSR count). The van der Waals surface area contributed by atoms with E-state index < -0.39 is 0 Å². The van der Waals surface area contributed by atoms with Gasteiger partial charge in [-0.3, -0.25) is 0 Å². The molecule has 118 valence electrons. The van der Waals surface area contributed by atoms with Gasteiger partial charge in [0.15, 0.2) is 6.23 Å². The van der Waals surface area contributed by atoms with Gasteiger partial charge in [0, 0.05) is 6.42 Å². The average Bonchev–Trinajstić information content (AvgIpc) is 2.30. The van der Waals surface area contributed by atoms with Gasteiger partial charge in [0.25, 0.3) is 0 Å². The van der Waals surface area contributed by atoms with Crippen molar-refractivity contribution in [2.75, 3.05) is 27.7 Å². The lowest BCUT2D eigenvalue weighted by Gasteiger charge is -2.33. The number of quaternary nitrogens is 1. The molecule has 0 aliphatic carbocycles. The van der Waals surface area contributed by atoms with Crippen LogP contribution in [-0.2, 0) is 4.74 Å². The van der Waals surface area contributed by atoms with Crippen LogP contribution in [0.2, 0.25) is 0 Å². The van der Waals surface area contributed by atoms with E-state index >= 15 is 0 Å². The van der Waals surface area contributed by atoms with E-state index in [-0.39, 0.29) is 12.4 Å². The van der Waals surface area contributed by atoms with Gasteiger partial charge in [-0.15, -0.1) is 0 Å². The van der Waals surface area contributed by atoms with Gasteiger partial charge in [-0.1, -0.05) is 58.8 Å². The molecule has 1 unspecified atom stereocenters. The highest BCUT2D eigenvalue weighted by Crippen LogP contribution is 2.11. The number of rotatable bonds is 12. The minimum absolute atomic E-state index is 0. The van der Waals surface area contributed by atoms with Crippen molar-refractivity contribution in [3.8, 4) is 0 Å². The molecule has 0 fully saturated rings. The van der Waals surface area contributed by atoms with Crippen LogP contribution >= 0.6 is 0 Å². The number of ether oxygens (including phenoxy) is 1. The summed E-state index contributed by atoms with van der Waals surface area (Å²) >= 11 is 0. The molecule has 0 amide bonds. The van der Waals surface area contributed by atoms with Gasteiger partial charge in [-0.25, -0.2) is 0 Å². The van der Waals surface area contributed by atoms with Gasteiger partial charge >= 0.3 is 0 Å². The molecule has 0 saturated heterocycles. The van der Waals surface area contributed by atoms with E-state index in [9.17, 15) is 0 Å². The predicted octanol–water partition coefficient (Wildman–Crippen LogP) is 1.59. The Morgan fingerprint density at radius 3 is 1.68 bits per heavy atom. The van der Waals surface area contributed by atoms with Gasteiger partial charge in [-0.2, -0.15) is 0 Å². The lowest BCUT2D eigenvalue weighted by molar-refractivity contribution is -0.920. The monoisotopic (exact) mass is 293 g/mol. The summed E-state index contributed by atoms with van der Waals surface area (Å²) in [5.41, 5.74) is 0. The second kappa shape index (κ2) is 13.2. The van der Waals surface area contributed by atoms with E-state index in [4.69, 9.17) is 4.74 Å². The van der Waals surface area contributed by atoms with Crippen molar-refractivity contribution in [3.63, 3.8) is 0 Å². The standard InChI is InChI=1S/C16H36NO.ClH/c1-6-8-9-10-11-12-13-14-15-18-16(7-2)17(3,4)5;/h16H,6-15H2,1-5H3;1H/q+1;/p-1. The number of unbranched alkanes of at least 4 members (excludes halogenated alkanes) is 7. The fraction of sp³-hybridized carbons (Fsp3) is 1.00. The Hall–Kier alpha value is 0.210. The maximum atomic E-state index is 5.97. The number of hydrogen-bond acceptors (Lipinski definition) is 1. The average molecular weight is 294 g/mol. The molecule has 0 spiro atoms. The summed E-state index contributed by atoms with van der Waals surface area (Å²) in [6, 6.07) is 0. The van der Waals surface area contributed by atoms with Crippen LogP contribution in [0.4, 0.5) is 0 Å². The van der Waals surface area contributed by atoms with Crippen molar-refractivity contribution in [2.24, 2.45) is 0 Å². The maximum absolute atomic E-state index is 5.97. The number of hydrogen-bond donors (Lipinski definition) is 0. The van der Waals surface area contributed by atoms with Gasteiger partial charge in [0.2, 0.25) is 0 Å². The smallest absolute Gasteiger partial charge is 0.192 e. The topological polar surface area (TPSA) is 9.23 Å². The Morgan fingerprint density at radius 1 is 0.789 bits per heavy atom. The fourth-order valence-corrected chi connectivity index (χ4v) is 2.34. The van der Waals surface area contributed by atoms with Gasteiger partial charge < -0.3 is 21.6 Å². The molecule has 0 heterocycles. The lowest BCUT2D eigenvalue weighted by Crippen LogP contribution is -3.00. The van der Waals surface area contributed by atoms with E-state index in [1.165, 1.54) is 51.4 Å². The molecule has 0 aromatic carbocycles. The minimum Gasteiger partial charge on any atom is -1.00 e. The molecule has 0 N–H and O–H groups in total. The molecule has 0 bridgehead atoms. The van der Waals surface area contributed by atoms with Gasteiger partial charge in [-0.05, 0) is 6.42 Å². The zero-order chi connectivity index (χ0) is 13.9. The van der Waals surface area contributed by atoms with E-state index in [1.54, 1.807) is 0 Å². The first-order valence-corrected chi connectivity index (χ1v) is 7.95. The minimum atomic E-state index is 0. The maximum Gasteiger partial charge on any atom is 0.192 e. The van der Waals surface area contributed by atoms with Crippen molar-refractivity contribution in [3.05, 3.63) is 0 Å². The summed E-state index contributed by atoms with van der Waals surface area (Å²) in [6.07, 6.45) is 12.4. The van der Waals surface area contributed by atoms with Crippen molar-refractivity contribution < 1.29 is 21.6 Å². The Kier molecular flexibility index (Phi) is 14.9. The summed E-state index contributed by atoms with van der Waals surface area (Å²) in [5.74, 6) is 0. The van der Waals surface area contributed by atoms with Crippen molar-refractivity contribution in [1.82, 2.24) is 0 Å². The predicted molar refractivity (Wildman–Crippen MR) is 80.7 cm³/mol. The summed E-state index contributed by atoms with van der Waals surface area (Å²) < 4.78 is 6.88. The number of nitrogens with zero attached hydrogens (tertiary/aromatic N) is 1. The Labute approximate surface area is 127 Å². The summed E-state index contributed by atoms with van der Waals surface area (Å²) in [6.45, 7) is 5.42. The SMILES string of the molecule is CCCCCCCCCCOC(CC)[N+](C)(C)C.[Cl-]. The molecular weight excluding hydrogens is 258 g/mol. The highest BCUT2D eigenvalue weighted by atomic mass is 35.5. The van der Waals surface area contributed by atoms with Crippen LogP contribution < -0.4 is 12.4 Å². The second-order valence-electron chi connectivity index (χ2n) is 6.32. The molecule has 0 radical (unpaired) electrons. The largest absolute Gasteiger partial charge is 1.00 e. The Bertz CT molecular complexity index is 180. The summed E-state index contributed by atoms with van der Waals surface area (Å²) in [5, 5.41) is 0. The molecule has 1 atom stereocenters. The zero-order valence-corrected chi connectivity index (χ0v) is 14.6. The molecular formula is C16H36ClNO. The van der Waals surface area contributed by atoms with E-state index in [0.717, 1.165) is 17.5 Å². The van der Waals surface area contributed by atoms with E-state index in [2.05, 4.69) is 35.0 Å². The van der Waals surface area contributed by atoms with Crippen LogP contribution in [0, 0.1) is 0 Å². The molecule has 19 heavy (non-hydrogen) atoms. The molecule has 3 heteroatoms. The molecule has 0 aliphatic rings. The molecule has 2 nitrogen and oxygen atoms in total. The van der Waals surface area contributed by atoms with Crippen molar-refractivity contribution >= 4 is 0 Å². The lowest BCUT2D eigenvalue weighted by atomic mass is 10.1. The highest BCUT2D eigenvalue weighted by Gasteiger charge is 2.21. The van der Waals surface area contributed by atoms with Crippen LogP contribution in [0.15, 0.2) is 0 Å². The van der Waals surface area contributed by atoms with Crippen LogP contribution in [0.5, 0.6) is 0 Å². The second-order valence-corrected chi connectivity index (χ2v) is 6.32.